The predicted molar refractivity (Wildman–Crippen MR) is 80.5 cm³/mol. The molecule has 112 valence electrons. The highest BCUT2D eigenvalue weighted by Gasteiger charge is 2.36. The number of fused-ring (bicyclic) bond motifs is 3. The molecule has 0 bridgehead atoms. The van der Waals surface area contributed by atoms with Gasteiger partial charge in [-0.1, -0.05) is 12.1 Å². The summed E-state index contributed by atoms with van der Waals surface area (Å²) in [5.41, 5.74) is 6.04. The molecule has 1 aliphatic rings. The lowest BCUT2D eigenvalue weighted by molar-refractivity contribution is 0.377. The van der Waals surface area contributed by atoms with E-state index in [4.69, 9.17) is 19.3 Å². The number of hydrogen-bond acceptors (Lipinski definition) is 6. The van der Waals surface area contributed by atoms with E-state index in [9.17, 15) is 10.1 Å². The van der Waals surface area contributed by atoms with E-state index in [-0.39, 0.29) is 17.0 Å². The zero-order chi connectivity index (χ0) is 16.0. The minimum atomic E-state index is -0.750. The number of para-hydroxylation sites is 1. The summed E-state index contributed by atoms with van der Waals surface area (Å²) in [5.74, 6) is -0.0665. The second-order valence-corrected chi connectivity index (χ2v) is 5.07. The van der Waals surface area contributed by atoms with E-state index in [1.54, 1.807) is 36.4 Å². The Morgan fingerprint density at radius 3 is 2.74 bits per heavy atom. The fraction of sp³-hybridized carbons (Fsp3) is 0.0588. The van der Waals surface area contributed by atoms with Crippen molar-refractivity contribution in [2.75, 3.05) is 0 Å². The Kier molecular flexibility index (Phi) is 2.75. The molecule has 1 aliphatic heterocycles. The number of allylic oxidation sites excluding steroid dienone is 1. The SMILES string of the molecule is N#CC1=C(N)Oc2c(c(=O)oc3ccccc23)[C@H]1c1ccco1. The smallest absolute Gasteiger partial charge is 0.344 e. The third-order valence-corrected chi connectivity index (χ3v) is 3.80. The lowest BCUT2D eigenvalue weighted by Crippen LogP contribution is -2.26. The van der Waals surface area contributed by atoms with Gasteiger partial charge in [0.05, 0.1) is 23.1 Å². The molecule has 6 heteroatoms. The summed E-state index contributed by atoms with van der Waals surface area (Å²) in [6.45, 7) is 0. The number of ether oxygens (including phenoxy) is 1. The number of furan rings is 1. The molecule has 0 amide bonds. The molecule has 0 radical (unpaired) electrons. The van der Waals surface area contributed by atoms with Crippen LogP contribution in [-0.2, 0) is 0 Å². The van der Waals surface area contributed by atoms with Crippen LogP contribution >= 0.6 is 0 Å². The molecule has 0 fully saturated rings. The fourth-order valence-electron chi connectivity index (χ4n) is 2.81. The van der Waals surface area contributed by atoms with Crippen LogP contribution in [0.1, 0.15) is 17.2 Å². The lowest BCUT2D eigenvalue weighted by Gasteiger charge is -2.24. The Labute approximate surface area is 130 Å². The molecule has 3 aromatic rings. The van der Waals surface area contributed by atoms with E-state index in [2.05, 4.69) is 0 Å². The number of nitriles is 1. The first-order valence-corrected chi connectivity index (χ1v) is 6.87. The lowest BCUT2D eigenvalue weighted by atomic mass is 9.87. The highest BCUT2D eigenvalue weighted by atomic mass is 16.5. The molecule has 2 N–H and O–H groups in total. The highest BCUT2D eigenvalue weighted by molar-refractivity contribution is 5.85. The molecule has 0 saturated heterocycles. The average molecular weight is 306 g/mol. The molecule has 1 aromatic carbocycles. The summed E-state index contributed by atoms with van der Waals surface area (Å²) in [7, 11) is 0. The fourth-order valence-corrected chi connectivity index (χ4v) is 2.81. The van der Waals surface area contributed by atoms with E-state index in [0.717, 1.165) is 0 Å². The van der Waals surface area contributed by atoms with Crippen LogP contribution in [0.15, 0.2) is 67.7 Å². The molecule has 0 saturated carbocycles. The third-order valence-electron chi connectivity index (χ3n) is 3.80. The quantitative estimate of drug-likeness (QED) is 0.693. The molecule has 6 nitrogen and oxygen atoms in total. The van der Waals surface area contributed by atoms with Gasteiger partial charge in [-0.25, -0.2) is 4.79 Å². The first kappa shape index (κ1) is 13.2. The molecule has 0 aliphatic carbocycles. The maximum atomic E-state index is 12.5. The first-order chi connectivity index (χ1) is 11.2. The van der Waals surface area contributed by atoms with E-state index < -0.39 is 11.5 Å². The van der Waals surface area contributed by atoms with Gasteiger partial charge in [-0.3, -0.25) is 0 Å². The molecule has 23 heavy (non-hydrogen) atoms. The third kappa shape index (κ3) is 1.84. The van der Waals surface area contributed by atoms with E-state index >= 15 is 0 Å². The summed E-state index contributed by atoms with van der Waals surface area (Å²) in [6, 6.07) is 12.3. The van der Waals surface area contributed by atoms with Gasteiger partial charge in [0.15, 0.2) is 5.75 Å². The predicted octanol–water partition coefficient (Wildman–Crippen LogP) is 2.60. The van der Waals surface area contributed by atoms with Gasteiger partial charge in [0, 0.05) is 0 Å². The van der Waals surface area contributed by atoms with E-state index in [1.807, 2.05) is 6.07 Å². The van der Waals surface area contributed by atoms with Crippen molar-refractivity contribution in [1.82, 2.24) is 0 Å². The number of nitrogens with two attached hydrogens (primary N) is 1. The Morgan fingerprint density at radius 1 is 1.17 bits per heavy atom. The monoisotopic (exact) mass is 306 g/mol. The molecule has 2 aromatic heterocycles. The Balaban J connectivity index is 2.11. The first-order valence-electron chi connectivity index (χ1n) is 6.87. The largest absolute Gasteiger partial charge is 0.468 e. The average Bonchev–Trinajstić information content (AvgIpc) is 3.08. The highest BCUT2D eigenvalue weighted by Crippen LogP contribution is 2.43. The maximum Gasteiger partial charge on any atom is 0.344 e. The second kappa shape index (κ2) is 4.78. The summed E-state index contributed by atoms with van der Waals surface area (Å²) in [4.78, 5) is 12.5. The Bertz CT molecular complexity index is 1040. The Morgan fingerprint density at radius 2 is 2.00 bits per heavy atom. The Hall–Kier alpha value is -3.46. The van der Waals surface area contributed by atoms with Crippen LogP contribution in [0, 0.1) is 11.3 Å². The van der Waals surface area contributed by atoms with Crippen molar-refractivity contribution in [3.05, 3.63) is 75.9 Å². The summed E-state index contributed by atoms with van der Waals surface area (Å²) in [5, 5.41) is 10.0. The van der Waals surface area contributed by atoms with Crippen molar-refractivity contribution >= 4 is 11.0 Å². The second-order valence-electron chi connectivity index (χ2n) is 5.07. The minimum absolute atomic E-state index is 0.0443. The zero-order valence-corrected chi connectivity index (χ0v) is 11.8. The molecular formula is C17H10N2O4. The number of nitrogens with zero attached hydrogens (tertiary/aromatic N) is 1. The van der Waals surface area contributed by atoms with Crippen molar-refractivity contribution < 1.29 is 13.6 Å². The van der Waals surface area contributed by atoms with Crippen LogP contribution in [-0.4, -0.2) is 0 Å². The molecule has 3 heterocycles. The number of rotatable bonds is 1. The normalized spacial score (nSPS) is 16.7. The van der Waals surface area contributed by atoms with Gasteiger partial charge in [-0.15, -0.1) is 0 Å². The van der Waals surface area contributed by atoms with Gasteiger partial charge in [0.2, 0.25) is 5.88 Å². The van der Waals surface area contributed by atoms with Crippen LogP contribution in [0.2, 0.25) is 0 Å². The summed E-state index contributed by atoms with van der Waals surface area (Å²) >= 11 is 0. The van der Waals surface area contributed by atoms with Gasteiger partial charge in [0.1, 0.15) is 23.0 Å². The van der Waals surface area contributed by atoms with Gasteiger partial charge in [-0.05, 0) is 24.3 Å². The maximum absolute atomic E-state index is 12.5. The van der Waals surface area contributed by atoms with Crippen molar-refractivity contribution in [2.24, 2.45) is 5.73 Å². The number of benzene rings is 1. The summed E-state index contributed by atoms with van der Waals surface area (Å²) in [6.07, 6.45) is 1.47. The molecule has 1 atom stereocenters. The van der Waals surface area contributed by atoms with Crippen LogP contribution in [0.25, 0.3) is 11.0 Å². The van der Waals surface area contributed by atoms with Crippen LogP contribution in [0.4, 0.5) is 0 Å². The van der Waals surface area contributed by atoms with Crippen LogP contribution in [0.3, 0.4) is 0 Å². The summed E-state index contributed by atoms with van der Waals surface area (Å²) < 4.78 is 16.4. The van der Waals surface area contributed by atoms with Crippen molar-refractivity contribution in [1.29, 1.82) is 5.26 Å². The van der Waals surface area contributed by atoms with Gasteiger partial charge in [-0.2, -0.15) is 5.26 Å². The van der Waals surface area contributed by atoms with Gasteiger partial charge < -0.3 is 19.3 Å². The zero-order valence-electron chi connectivity index (χ0n) is 11.8. The molecule has 0 unspecified atom stereocenters. The molecule has 4 rings (SSSR count). The van der Waals surface area contributed by atoms with E-state index in [1.165, 1.54) is 6.26 Å². The van der Waals surface area contributed by atoms with Crippen molar-refractivity contribution in [3.63, 3.8) is 0 Å². The van der Waals surface area contributed by atoms with Crippen LogP contribution in [0.5, 0.6) is 5.75 Å². The number of hydrogen-bond donors (Lipinski definition) is 1. The minimum Gasteiger partial charge on any atom is -0.468 e. The van der Waals surface area contributed by atoms with Crippen LogP contribution < -0.4 is 16.1 Å². The van der Waals surface area contributed by atoms with Gasteiger partial charge >= 0.3 is 5.63 Å². The molecular weight excluding hydrogens is 296 g/mol. The standard InChI is InChI=1S/C17H10N2O4/c18-8-10-13(12-6-3-7-21-12)14-15(23-16(10)19)9-4-1-2-5-11(9)22-17(14)20/h1-7,13H,19H2/t13-/m1/s1. The topological polar surface area (TPSA) is 102 Å². The van der Waals surface area contributed by atoms with Gasteiger partial charge in [0.25, 0.3) is 0 Å². The van der Waals surface area contributed by atoms with Crippen molar-refractivity contribution in [2.45, 2.75) is 5.92 Å². The van der Waals surface area contributed by atoms with Crippen molar-refractivity contribution in [3.8, 4) is 11.8 Å². The van der Waals surface area contributed by atoms with E-state index in [0.29, 0.717) is 22.5 Å². The molecule has 0 spiro atoms.